The van der Waals surface area contributed by atoms with E-state index in [1.54, 1.807) is 0 Å². The Balaban J connectivity index is 1.03. The molecule has 0 amide bonds. The molecule has 7 unspecified atom stereocenters. The molecule has 0 saturated carbocycles. The van der Waals surface area contributed by atoms with Crippen LogP contribution in [0.3, 0.4) is 0 Å². The van der Waals surface area contributed by atoms with Crippen LogP contribution in [0.1, 0.15) is 0 Å². The van der Waals surface area contributed by atoms with E-state index in [0.717, 1.165) is 0 Å². The number of phosphoric acid groups is 2. The van der Waals surface area contributed by atoms with Crippen molar-refractivity contribution in [3.05, 3.63) is 26.2 Å². The highest BCUT2D eigenvalue weighted by Crippen LogP contribution is 2.61. The van der Waals surface area contributed by atoms with E-state index in [1.807, 2.05) is 0 Å². The lowest BCUT2D eigenvalue weighted by molar-refractivity contribution is -0.0811. The van der Waals surface area contributed by atoms with Crippen molar-refractivity contribution in [3.63, 3.8) is 0 Å². The first-order valence-corrected chi connectivity index (χ1v) is 17.4. The molecule has 5 aliphatic rings. The number of thiol groups is 2. The van der Waals surface area contributed by atoms with Gasteiger partial charge < -0.3 is 66.8 Å². The van der Waals surface area contributed by atoms with Crippen LogP contribution in [0.25, 0.3) is 0 Å². The van der Waals surface area contributed by atoms with Crippen molar-refractivity contribution in [2.45, 2.75) is 55.1 Å². The van der Waals surface area contributed by atoms with Gasteiger partial charge in [0.15, 0.2) is 18.4 Å². The molecule has 0 radical (unpaired) electrons. The number of nitrogen functional groups attached to an aromatic ring is 1. The molecule has 0 aromatic carbocycles. The number of H-pyrrole nitrogens is 1. The van der Waals surface area contributed by atoms with Gasteiger partial charge in [-0.25, -0.2) is 9.13 Å². The van der Waals surface area contributed by atoms with Gasteiger partial charge in [-0.05, 0) is 0 Å². The highest BCUT2D eigenvalue weighted by molar-refractivity contribution is 7.88. The number of nitrogens with zero attached hydrogens (tertiary/aromatic N) is 3. The average Bonchev–Trinajstić information content (AvgIpc) is 3.51. The summed E-state index contributed by atoms with van der Waals surface area (Å²) in [7, 11) is -10.6. The molecule has 11 atom stereocenters. The smallest absolute Gasteiger partial charge is 0.387 e. The Bertz CT molecular complexity index is 1630. The predicted octanol–water partition coefficient (Wildman–Crippen LogP) is -2.39. The fourth-order valence-electron chi connectivity index (χ4n) is 5.38. The van der Waals surface area contributed by atoms with Gasteiger partial charge in [0.25, 0.3) is 5.56 Å². The third-order valence-electron chi connectivity index (χ3n) is 7.58. The summed E-state index contributed by atoms with van der Waals surface area (Å²) < 4.78 is 50.8. The molecule has 1 aromatic heterocycles. The molecule has 254 valence electrons. The minimum Gasteiger partial charge on any atom is -0.387 e. The normalized spacial score (nSPS) is 35.9. The van der Waals surface area contributed by atoms with Gasteiger partial charge in [-0.2, -0.15) is 4.31 Å². The lowest BCUT2D eigenvalue weighted by atomic mass is 10.1. The Morgan fingerprint density at radius 1 is 1.04 bits per heavy atom. The van der Waals surface area contributed by atoms with E-state index in [0.29, 0.717) is 17.1 Å². The van der Waals surface area contributed by atoms with E-state index in [2.05, 4.69) is 60.5 Å². The average molecular weight is 728 g/mol. The number of fused-ring (bicyclic) bond motifs is 3. The number of pyridine rings is 1. The molecular weight excluding hydrogens is 696 g/mol. The fourth-order valence-corrected chi connectivity index (χ4v) is 8.08. The first-order chi connectivity index (χ1) is 21.6. The number of anilines is 3. The number of phosphoric ester groups is 2. The quantitative estimate of drug-likeness (QED) is 0.0933. The Morgan fingerprint density at radius 2 is 1.76 bits per heavy atom. The zero-order valence-electron chi connectivity index (χ0n) is 23.3. The maximum absolute atomic E-state index is 12.6. The number of nitrogens with two attached hydrogens (primary N) is 2. The van der Waals surface area contributed by atoms with E-state index in [-0.39, 0.29) is 28.4 Å². The van der Waals surface area contributed by atoms with E-state index in [4.69, 9.17) is 30.0 Å². The lowest BCUT2D eigenvalue weighted by Crippen LogP contribution is -2.60. The van der Waals surface area contributed by atoms with Gasteiger partial charge in [0, 0.05) is 15.9 Å². The highest BCUT2D eigenvalue weighted by Gasteiger charge is 2.50. The molecule has 6 heterocycles. The maximum Gasteiger partial charge on any atom is 0.481 e. The summed E-state index contributed by atoms with van der Waals surface area (Å²) in [6.07, 6.45) is -6.68. The van der Waals surface area contributed by atoms with Gasteiger partial charge >= 0.3 is 15.6 Å². The van der Waals surface area contributed by atoms with Crippen LogP contribution >= 0.6 is 40.9 Å². The minimum absolute atomic E-state index is 0.0969. The zero-order chi connectivity index (χ0) is 33.1. The Kier molecular flexibility index (Phi) is 9.17. The largest absolute Gasteiger partial charge is 0.481 e. The van der Waals surface area contributed by atoms with Crippen molar-refractivity contribution in [2.75, 3.05) is 36.1 Å². The van der Waals surface area contributed by atoms with Crippen LogP contribution in [0.5, 0.6) is 0 Å². The molecular formula is C21H31N9O12P2S2. The van der Waals surface area contributed by atoms with Crippen LogP contribution in [-0.4, -0.2) is 117 Å². The number of guanidine groups is 1. The molecule has 1 aromatic rings. The Labute approximate surface area is 270 Å². The summed E-state index contributed by atoms with van der Waals surface area (Å²) in [6.45, 7) is -1.22. The van der Waals surface area contributed by atoms with E-state index in [9.17, 15) is 33.9 Å². The van der Waals surface area contributed by atoms with E-state index >= 15 is 0 Å². The van der Waals surface area contributed by atoms with Crippen LogP contribution in [-0.2, 0) is 32.0 Å². The third-order valence-corrected chi connectivity index (χ3v) is 11.4. The Morgan fingerprint density at radius 3 is 2.50 bits per heavy atom. The number of hydrogen-bond acceptors (Lipinski definition) is 20. The zero-order valence-corrected chi connectivity index (χ0v) is 26.9. The molecule has 1 fully saturated rings. The molecule has 46 heavy (non-hydrogen) atoms. The van der Waals surface area contributed by atoms with Gasteiger partial charge in [0.1, 0.15) is 54.2 Å². The van der Waals surface area contributed by atoms with E-state index in [1.165, 1.54) is 17.3 Å². The molecule has 1 saturated heterocycles. The molecule has 12 N–H and O–H groups in total. The van der Waals surface area contributed by atoms with Gasteiger partial charge in [-0.15, -0.1) is 25.3 Å². The van der Waals surface area contributed by atoms with Crippen molar-refractivity contribution < 1.29 is 52.0 Å². The standard InChI is InChI=1S/C21H31N9O12P2S2/c22-10-1-6-11(18(33)27-10)28-12-16(46)15(45)9(40-19(12)26-6)4-39-44(36,37)42-43(34,35)38-3-8-13(31)14(32)20(41-8)30-5-25-7-2-24-21(23)29-17(7)30/h1,5,7-9,12-14,17,19-20,26,28,31-32,45-46H,2-4H2,(H,34,35)(H,36,37)(H3,22,27,33)(H3,23,24,29)/t7?,8-,9?,12?,13-,14-,17?,19?,20-/m1/s1. The van der Waals surface area contributed by atoms with Crippen LogP contribution < -0.4 is 33.0 Å². The number of aromatic nitrogens is 1. The second-order valence-electron chi connectivity index (χ2n) is 10.7. The van der Waals surface area contributed by atoms with Gasteiger partial charge in [0.05, 0.1) is 31.8 Å². The van der Waals surface area contributed by atoms with Crippen molar-refractivity contribution in [2.24, 2.45) is 15.7 Å². The van der Waals surface area contributed by atoms with Crippen molar-refractivity contribution in [1.82, 2.24) is 15.2 Å². The lowest BCUT2D eigenvalue weighted by Gasteiger charge is -2.41. The van der Waals surface area contributed by atoms with Crippen molar-refractivity contribution in [3.8, 4) is 0 Å². The SMILES string of the molecule is NC1=NCC2N=CN([C@@H]3O[C@H](COP(=O)(O)OP(=O)(O)OCC4OC5Nc6cc(N)[nH]c(=O)c6NC5C(S)=C4S)[C@@H](O)[C@H]3O)C2N1. The minimum atomic E-state index is -5.31. The maximum atomic E-state index is 12.6. The molecule has 0 aliphatic carbocycles. The first kappa shape index (κ1) is 33.5. The summed E-state index contributed by atoms with van der Waals surface area (Å²) >= 11 is 8.81. The fraction of sp³-hybridized carbons (Fsp3) is 0.571. The van der Waals surface area contributed by atoms with Crippen LogP contribution in [0.2, 0.25) is 0 Å². The number of hydrogen-bond donors (Lipinski definition) is 12. The first-order valence-electron chi connectivity index (χ1n) is 13.5. The summed E-state index contributed by atoms with van der Waals surface area (Å²) in [5, 5.41) is 30.0. The number of aliphatic imine (C=N–C) groups is 2. The number of aromatic amines is 1. The summed E-state index contributed by atoms with van der Waals surface area (Å²) in [5.74, 6) is 0.252. The number of nitrogens with one attached hydrogen (secondary N) is 4. The second kappa shape index (κ2) is 12.6. The highest BCUT2D eigenvalue weighted by atomic mass is 32.1. The summed E-state index contributed by atoms with van der Waals surface area (Å²) in [5.41, 5.74) is 11.5. The van der Waals surface area contributed by atoms with E-state index < -0.39 is 83.5 Å². The van der Waals surface area contributed by atoms with Crippen molar-refractivity contribution >= 4 is 70.4 Å². The molecule has 6 rings (SSSR count). The molecule has 5 aliphatic heterocycles. The number of rotatable bonds is 9. The van der Waals surface area contributed by atoms with Crippen molar-refractivity contribution in [1.29, 1.82) is 0 Å². The van der Waals surface area contributed by atoms with Crippen LogP contribution in [0.4, 0.5) is 17.2 Å². The topological polar surface area (TPSA) is 310 Å². The third kappa shape index (κ3) is 6.65. The monoisotopic (exact) mass is 727 g/mol. The van der Waals surface area contributed by atoms with Crippen LogP contribution in [0, 0.1) is 0 Å². The van der Waals surface area contributed by atoms with Gasteiger partial charge in [-0.1, -0.05) is 0 Å². The summed E-state index contributed by atoms with van der Waals surface area (Å²) in [4.78, 5) is 45.4. The number of ether oxygens (including phenoxy) is 2. The number of aliphatic hydroxyl groups is 2. The molecule has 0 spiro atoms. The van der Waals surface area contributed by atoms with Gasteiger partial charge in [-0.3, -0.25) is 23.8 Å². The molecule has 0 bridgehead atoms. The predicted molar refractivity (Wildman–Crippen MR) is 167 cm³/mol. The van der Waals surface area contributed by atoms with Crippen LogP contribution in [0.15, 0.2) is 30.7 Å². The Hall–Kier alpha value is -2.37. The summed E-state index contributed by atoms with van der Waals surface area (Å²) in [6, 6.07) is 0.462. The van der Waals surface area contributed by atoms with Gasteiger partial charge in [0.2, 0.25) is 0 Å². The second-order valence-corrected chi connectivity index (χ2v) is 14.7. The molecule has 21 nitrogen and oxygen atoms in total. The molecule has 25 heteroatoms. The number of aliphatic hydroxyl groups excluding tert-OH is 2.